The highest BCUT2D eigenvalue weighted by Gasteiger charge is 2.24. The summed E-state index contributed by atoms with van der Waals surface area (Å²) >= 11 is 11.9. The number of halogens is 2. The second-order valence-corrected chi connectivity index (χ2v) is 7.21. The molecule has 28 heavy (non-hydrogen) atoms. The molecule has 0 aromatic heterocycles. The van der Waals surface area contributed by atoms with Crippen molar-refractivity contribution in [2.24, 2.45) is 0 Å². The van der Waals surface area contributed by atoms with E-state index in [1.807, 2.05) is 6.92 Å². The normalized spacial score (nSPS) is 14.1. The largest absolute Gasteiger partial charge is 0.380 e. The fourth-order valence-corrected chi connectivity index (χ4v) is 3.49. The quantitative estimate of drug-likeness (QED) is 0.573. The highest BCUT2D eigenvalue weighted by Crippen LogP contribution is 2.30. The zero-order chi connectivity index (χ0) is 20.3. The lowest BCUT2D eigenvalue weighted by Gasteiger charge is -2.36. The number of anilines is 2. The molecule has 1 fully saturated rings. The van der Waals surface area contributed by atoms with Gasteiger partial charge in [0.05, 0.1) is 15.0 Å². The van der Waals surface area contributed by atoms with Gasteiger partial charge in [-0.2, -0.15) is 0 Å². The van der Waals surface area contributed by atoms with E-state index >= 15 is 0 Å². The first-order chi connectivity index (χ1) is 13.4. The molecule has 0 saturated carbocycles. The van der Waals surface area contributed by atoms with Gasteiger partial charge in [-0.25, -0.2) is 0 Å². The van der Waals surface area contributed by atoms with Gasteiger partial charge in [0.1, 0.15) is 5.69 Å². The summed E-state index contributed by atoms with van der Waals surface area (Å²) in [5, 5.41) is 15.0. The van der Waals surface area contributed by atoms with Crippen LogP contribution in [0.15, 0.2) is 36.4 Å². The summed E-state index contributed by atoms with van der Waals surface area (Å²) in [5.74, 6) is -0.0877. The second kappa shape index (κ2) is 8.67. The van der Waals surface area contributed by atoms with Crippen LogP contribution in [0.3, 0.4) is 0 Å². The highest BCUT2D eigenvalue weighted by molar-refractivity contribution is 6.42. The van der Waals surface area contributed by atoms with Crippen LogP contribution in [0.5, 0.6) is 0 Å². The van der Waals surface area contributed by atoms with Crippen LogP contribution in [-0.2, 0) is 0 Å². The molecular formula is C19H20Cl2N4O3. The lowest BCUT2D eigenvalue weighted by atomic mass is 10.1. The number of rotatable bonds is 5. The number of piperazine rings is 1. The molecule has 3 rings (SSSR count). The molecule has 1 N–H and O–H groups in total. The number of carbonyl (C=O) groups excluding carboxylic acids is 1. The van der Waals surface area contributed by atoms with Gasteiger partial charge in [0, 0.05) is 50.0 Å². The van der Waals surface area contributed by atoms with Crippen molar-refractivity contribution in [2.75, 3.05) is 42.9 Å². The van der Waals surface area contributed by atoms with E-state index in [0.29, 0.717) is 54.0 Å². The zero-order valence-electron chi connectivity index (χ0n) is 15.3. The predicted octanol–water partition coefficient (Wildman–Crippen LogP) is 4.30. The molecule has 148 valence electrons. The van der Waals surface area contributed by atoms with Crippen LogP contribution in [0, 0.1) is 10.1 Å². The molecule has 2 aromatic carbocycles. The zero-order valence-corrected chi connectivity index (χ0v) is 16.8. The number of carbonyl (C=O) groups is 1. The number of nitrogens with zero attached hydrogens (tertiary/aromatic N) is 3. The van der Waals surface area contributed by atoms with E-state index in [9.17, 15) is 14.9 Å². The molecule has 0 spiro atoms. The van der Waals surface area contributed by atoms with Gasteiger partial charge in [-0.1, -0.05) is 23.2 Å². The average Bonchev–Trinajstić information content (AvgIpc) is 2.69. The lowest BCUT2D eigenvalue weighted by molar-refractivity contribution is -0.383. The molecule has 1 aliphatic rings. The molecule has 2 aromatic rings. The third-order valence-electron chi connectivity index (χ3n) is 4.64. The number of nitro groups is 1. The third kappa shape index (κ3) is 4.31. The van der Waals surface area contributed by atoms with Crippen molar-refractivity contribution in [3.05, 3.63) is 62.1 Å². The number of hydrogen-bond donors (Lipinski definition) is 1. The first kappa shape index (κ1) is 20.2. The van der Waals surface area contributed by atoms with Crippen LogP contribution in [-0.4, -0.2) is 48.5 Å². The molecule has 9 heteroatoms. The summed E-state index contributed by atoms with van der Waals surface area (Å²) < 4.78 is 0. The monoisotopic (exact) mass is 422 g/mol. The average molecular weight is 423 g/mol. The van der Waals surface area contributed by atoms with E-state index in [1.165, 1.54) is 6.07 Å². The fourth-order valence-electron chi connectivity index (χ4n) is 3.19. The van der Waals surface area contributed by atoms with Gasteiger partial charge in [-0.3, -0.25) is 14.9 Å². The van der Waals surface area contributed by atoms with Gasteiger partial charge in [0.25, 0.3) is 11.6 Å². The summed E-state index contributed by atoms with van der Waals surface area (Å²) in [6, 6.07) is 9.92. The fraction of sp³-hybridized carbons (Fsp3) is 0.316. The van der Waals surface area contributed by atoms with Gasteiger partial charge in [0.15, 0.2) is 0 Å². The number of benzene rings is 2. The molecule has 1 heterocycles. The second-order valence-electron chi connectivity index (χ2n) is 6.40. The van der Waals surface area contributed by atoms with Crippen molar-refractivity contribution < 1.29 is 9.72 Å². The Hall–Kier alpha value is -2.51. The van der Waals surface area contributed by atoms with Crippen LogP contribution in [0.2, 0.25) is 10.0 Å². The number of nitrogens with one attached hydrogen (secondary N) is 1. The Bertz CT molecular complexity index is 899. The molecule has 0 aliphatic carbocycles. The Morgan fingerprint density at radius 2 is 1.82 bits per heavy atom. The van der Waals surface area contributed by atoms with Crippen molar-refractivity contribution in [3.63, 3.8) is 0 Å². The van der Waals surface area contributed by atoms with Crippen LogP contribution < -0.4 is 10.2 Å². The minimum absolute atomic E-state index is 0.0547. The summed E-state index contributed by atoms with van der Waals surface area (Å²) in [6.07, 6.45) is 0. The molecular weight excluding hydrogens is 403 g/mol. The number of hydrogen-bond acceptors (Lipinski definition) is 5. The first-order valence-corrected chi connectivity index (χ1v) is 9.68. The van der Waals surface area contributed by atoms with E-state index in [0.717, 1.165) is 5.69 Å². The minimum Gasteiger partial charge on any atom is -0.380 e. The third-order valence-corrected chi connectivity index (χ3v) is 5.38. The maximum atomic E-state index is 12.7. The smallest absolute Gasteiger partial charge is 0.292 e. The van der Waals surface area contributed by atoms with E-state index in [2.05, 4.69) is 10.2 Å². The maximum Gasteiger partial charge on any atom is 0.292 e. The van der Waals surface area contributed by atoms with Gasteiger partial charge in [0.2, 0.25) is 0 Å². The van der Waals surface area contributed by atoms with Crippen LogP contribution in [0.25, 0.3) is 0 Å². The standard InChI is InChI=1S/C19H20Cl2N4O3/c1-2-22-17-12-14(4-6-18(17)25(27)28)23-7-9-24(10-8-23)19(26)13-3-5-15(20)16(21)11-13/h3-6,11-12,22H,2,7-10H2,1H3. The van der Waals surface area contributed by atoms with Crippen LogP contribution >= 0.6 is 23.2 Å². The molecule has 0 atom stereocenters. The van der Waals surface area contributed by atoms with Crippen molar-refractivity contribution in [3.8, 4) is 0 Å². The molecule has 1 aliphatic heterocycles. The van der Waals surface area contributed by atoms with Gasteiger partial charge >= 0.3 is 0 Å². The van der Waals surface area contributed by atoms with E-state index in [-0.39, 0.29) is 11.6 Å². The van der Waals surface area contributed by atoms with Crippen molar-refractivity contribution in [2.45, 2.75) is 6.92 Å². The number of nitro benzene ring substituents is 1. The summed E-state index contributed by atoms with van der Waals surface area (Å²) in [6.45, 7) is 4.85. The van der Waals surface area contributed by atoms with E-state index < -0.39 is 4.92 Å². The van der Waals surface area contributed by atoms with Gasteiger partial charge < -0.3 is 15.1 Å². The summed E-state index contributed by atoms with van der Waals surface area (Å²) in [5.41, 5.74) is 1.95. The Morgan fingerprint density at radius 3 is 2.43 bits per heavy atom. The Labute approximate surface area is 173 Å². The van der Waals surface area contributed by atoms with Crippen molar-refractivity contribution in [1.82, 2.24) is 4.90 Å². The first-order valence-electron chi connectivity index (χ1n) is 8.92. The SMILES string of the molecule is CCNc1cc(N2CCN(C(=O)c3ccc(Cl)c(Cl)c3)CC2)ccc1[N+](=O)[O-]. The van der Waals surface area contributed by atoms with E-state index in [4.69, 9.17) is 23.2 Å². The summed E-state index contributed by atoms with van der Waals surface area (Å²) in [4.78, 5) is 27.3. The number of amides is 1. The Balaban J connectivity index is 1.69. The molecule has 0 bridgehead atoms. The van der Waals surface area contributed by atoms with Crippen LogP contribution in [0.1, 0.15) is 17.3 Å². The van der Waals surface area contributed by atoms with Crippen molar-refractivity contribution >= 4 is 46.2 Å². The highest BCUT2D eigenvalue weighted by atomic mass is 35.5. The Morgan fingerprint density at radius 1 is 1.11 bits per heavy atom. The van der Waals surface area contributed by atoms with Crippen molar-refractivity contribution in [1.29, 1.82) is 0 Å². The minimum atomic E-state index is -0.393. The Kier molecular flexibility index (Phi) is 6.26. The lowest BCUT2D eigenvalue weighted by Crippen LogP contribution is -2.48. The van der Waals surface area contributed by atoms with Crippen LogP contribution in [0.4, 0.5) is 17.1 Å². The van der Waals surface area contributed by atoms with Gasteiger partial charge in [-0.05, 0) is 37.3 Å². The topological polar surface area (TPSA) is 78.7 Å². The van der Waals surface area contributed by atoms with Gasteiger partial charge in [-0.15, -0.1) is 0 Å². The molecule has 1 amide bonds. The summed E-state index contributed by atoms with van der Waals surface area (Å²) in [7, 11) is 0. The molecule has 0 radical (unpaired) electrons. The maximum absolute atomic E-state index is 12.7. The molecule has 0 unspecified atom stereocenters. The van der Waals surface area contributed by atoms with E-state index in [1.54, 1.807) is 35.2 Å². The molecule has 7 nitrogen and oxygen atoms in total. The predicted molar refractivity (Wildman–Crippen MR) is 112 cm³/mol. The molecule has 1 saturated heterocycles.